The highest BCUT2D eigenvalue weighted by Crippen LogP contribution is 2.34. The van der Waals surface area contributed by atoms with Gasteiger partial charge in [0, 0.05) is 6.04 Å². The van der Waals surface area contributed by atoms with Crippen molar-refractivity contribution in [3.63, 3.8) is 0 Å². The van der Waals surface area contributed by atoms with Gasteiger partial charge in [0.25, 0.3) is 0 Å². The molecule has 6 nitrogen and oxygen atoms in total. The quantitative estimate of drug-likeness (QED) is 0.901. The van der Waals surface area contributed by atoms with Crippen LogP contribution in [0.25, 0.3) is 5.69 Å². The van der Waals surface area contributed by atoms with E-state index in [1.807, 2.05) is 30.3 Å². The molecule has 2 aliphatic heterocycles. The third-order valence-electron chi connectivity index (χ3n) is 4.16. The molecule has 0 radical (unpaired) electrons. The normalized spacial score (nSPS) is 28.1. The van der Waals surface area contributed by atoms with E-state index in [1.165, 1.54) is 12.8 Å². The van der Waals surface area contributed by atoms with Crippen LogP contribution in [0.5, 0.6) is 0 Å². The molecule has 2 aliphatic rings. The highest BCUT2D eigenvalue weighted by molar-refractivity contribution is 5.30. The van der Waals surface area contributed by atoms with Gasteiger partial charge in [-0.1, -0.05) is 18.2 Å². The van der Waals surface area contributed by atoms with Crippen molar-refractivity contribution in [1.29, 1.82) is 0 Å². The fourth-order valence-electron chi connectivity index (χ4n) is 3.16. The molecule has 0 saturated carbocycles. The summed E-state index contributed by atoms with van der Waals surface area (Å²) in [5.74, 6) is 0.832. The summed E-state index contributed by atoms with van der Waals surface area (Å²) < 4.78 is 7.63. The lowest BCUT2D eigenvalue weighted by Gasteiger charge is -2.19. The molecule has 1 N–H and O–H groups in total. The van der Waals surface area contributed by atoms with Crippen molar-refractivity contribution in [1.82, 2.24) is 25.5 Å². The summed E-state index contributed by atoms with van der Waals surface area (Å²) in [5.41, 5.74) is 0.985. The summed E-state index contributed by atoms with van der Waals surface area (Å²) in [6.07, 6.45) is 4.33. The Kier molecular flexibility index (Phi) is 2.97. The van der Waals surface area contributed by atoms with Crippen LogP contribution in [0.3, 0.4) is 0 Å². The first-order valence-electron chi connectivity index (χ1n) is 7.12. The topological polar surface area (TPSA) is 64.9 Å². The lowest BCUT2D eigenvalue weighted by molar-refractivity contribution is 0.0972. The van der Waals surface area contributed by atoms with Gasteiger partial charge in [0.15, 0.2) is 5.82 Å². The molecule has 3 unspecified atom stereocenters. The second-order valence-corrected chi connectivity index (χ2v) is 5.44. The molecule has 3 atom stereocenters. The molecule has 0 aliphatic carbocycles. The summed E-state index contributed by atoms with van der Waals surface area (Å²) in [6.45, 7) is 0.666. The van der Waals surface area contributed by atoms with E-state index >= 15 is 0 Å². The van der Waals surface area contributed by atoms with E-state index in [2.05, 4.69) is 20.8 Å². The van der Waals surface area contributed by atoms with Crippen LogP contribution in [0.15, 0.2) is 30.3 Å². The summed E-state index contributed by atoms with van der Waals surface area (Å²) in [6, 6.07) is 10.4. The summed E-state index contributed by atoms with van der Waals surface area (Å²) in [7, 11) is 0. The number of nitrogens with one attached hydrogen (secondary N) is 1. The fraction of sp³-hybridized carbons (Fsp3) is 0.500. The van der Waals surface area contributed by atoms with Gasteiger partial charge < -0.3 is 10.1 Å². The maximum Gasteiger partial charge on any atom is 0.170 e. The Morgan fingerprint density at radius 3 is 2.90 bits per heavy atom. The van der Waals surface area contributed by atoms with Crippen LogP contribution >= 0.6 is 0 Å². The van der Waals surface area contributed by atoms with E-state index in [4.69, 9.17) is 4.74 Å². The minimum absolute atomic E-state index is 0.376. The molecule has 2 fully saturated rings. The SMILES string of the molecule is c1ccc(-n2nnnc2CNC2CC3CCC2O3)cc1. The Balaban J connectivity index is 1.46. The Labute approximate surface area is 117 Å². The van der Waals surface area contributed by atoms with Gasteiger partial charge in [-0.3, -0.25) is 0 Å². The third kappa shape index (κ3) is 2.10. The number of benzene rings is 1. The lowest BCUT2D eigenvalue weighted by Crippen LogP contribution is -2.37. The predicted molar refractivity (Wildman–Crippen MR) is 72.3 cm³/mol. The molecule has 3 heterocycles. The second-order valence-electron chi connectivity index (χ2n) is 5.44. The molecule has 1 aromatic heterocycles. The van der Waals surface area contributed by atoms with E-state index in [-0.39, 0.29) is 0 Å². The average Bonchev–Trinajstić information content (AvgIpc) is 3.22. The summed E-state index contributed by atoms with van der Waals surface area (Å²) in [4.78, 5) is 0. The van der Waals surface area contributed by atoms with Gasteiger partial charge in [-0.15, -0.1) is 5.10 Å². The molecule has 0 spiro atoms. The largest absolute Gasteiger partial charge is 0.373 e. The van der Waals surface area contributed by atoms with Crippen LogP contribution in [0, 0.1) is 0 Å². The standard InChI is InChI=1S/C14H17N5O/c1-2-4-10(5-3-1)19-14(16-17-18-19)9-15-12-8-11-6-7-13(12)20-11/h1-5,11-13,15H,6-9H2. The van der Waals surface area contributed by atoms with Crippen LogP contribution in [-0.4, -0.2) is 38.5 Å². The first kappa shape index (κ1) is 12.0. The van der Waals surface area contributed by atoms with Crippen molar-refractivity contribution in [2.45, 2.75) is 44.1 Å². The predicted octanol–water partition coefficient (Wildman–Crippen LogP) is 1.07. The van der Waals surface area contributed by atoms with Crippen LogP contribution in [0.1, 0.15) is 25.1 Å². The zero-order chi connectivity index (χ0) is 13.4. The molecule has 0 amide bonds. The average molecular weight is 271 g/mol. The molecular weight excluding hydrogens is 254 g/mol. The van der Waals surface area contributed by atoms with Gasteiger partial charge in [0.1, 0.15) is 0 Å². The van der Waals surface area contributed by atoms with Crippen LogP contribution in [0.2, 0.25) is 0 Å². The Morgan fingerprint density at radius 2 is 2.15 bits per heavy atom. The van der Waals surface area contributed by atoms with Gasteiger partial charge in [-0.2, -0.15) is 4.68 Å². The highest BCUT2D eigenvalue weighted by atomic mass is 16.5. The Hall–Kier alpha value is -1.79. The van der Waals surface area contributed by atoms with Gasteiger partial charge in [0.2, 0.25) is 0 Å². The number of rotatable bonds is 4. The summed E-state index contributed by atoms with van der Waals surface area (Å²) in [5, 5.41) is 15.5. The zero-order valence-corrected chi connectivity index (χ0v) is 11.1. The number of hydrogen-bond donors (Lipinski definition) is 1. The number of nitrogens with zero attached hydrogens (tertiary/aromatic N) is 4. The minimum atomic E-state index is 0.376. The van der Waals surface area contributed by atoms with Crippen molar-refractivity contribution in [2.75, 3.05) is 0 Å². The van der Waals surface area contributed by atoms with E-state index in [0.717, 1.165) is 17.9 Å². The van der Waals surface area contributed by atoms with E-state index < -0.39 is 0 Å². The van der Waals surface area contributed by atoms with Crippen molar-refractivity contribution >= 4 is 0 Å². The Bertz CT molecular complexity index is 584. The van der Waals surface area contributed by atoms with E-state index in [0.29, 0.717) is 24.8 Å². The Morgan fingerprint density at radius 1 is 1.25 bits per heavy atom. The third-order valence-corrected chi connectivity index (χ3v) is 4.16. The number of ether oxygens (including phenoxy) is 1. The van der Waals surface area contributed by atoms with Crippen LogP contribution < -0.4 is 5.32 Å². The molecule has 2 bridgehead atoms. The first-order chi connectivity index (χ1) is 9.90. The molecule has 1 aromatic carbocycles. The van der Waals surface area contributed by atoms with Crippen molar-refractivity contribution in [3.05, 3.63) is 36.2 Å². The van der Waals surface area contributed by atoms with E-state index in [9.17, 15) is 0 Å². The highest BCUT2D eigenvalue weighted by Gasteiger charge is 2.40. The van der Waals surface area contributed by atoms with E-state index in [1.54, 1.807) is 4.68 Å². The van der Waals surface area contributed by atoms with Crippen LogP contribution in [-0.2, 0) is 11.3 Å². The molecule has 20 heavy (non-hydrogen) atoms. The number of aromatic nitrogens is 4. The zero-order valence-electron chi connectivity index (χ0n) is 11.1. The van der Waals surface area contributed by atoms with Crippen LogP contribution in [0.4, 0.5) is 0 Å². The molecule has 2 saturated heterocycles. The number of fused-ring (bicyclic) bond motifs is 2. The smallest absolute Gasteiger partial charge is 0.170 e. The van der Waals surface area contributed by atoms with Crippen molar-refractivity contribution in [2.24, 2.45) is 0 Å². The van der Waals surface area contributed by atoms with Crippen molar-refractivity contribution < 1.29 is 4.74 Å². The molecule has 104 valence electrons. The number of tetrazole rings is 1. The lowest BCUT2D eigenvalue weighted by atomic mass is 9.95. The monoisotopic (exact) mass is 271 g/mol. The summed E-state index contributed by atoms with van der Waals surface area (Å²) >= 11 is 0. The molecule has 4 rings (SSSR count). The van der Waals surface area contributed by atoms with Crippen molar-refractivity contribution in [3.8, 4) is 5.69 Å². The number of para-hydroxylation sites is 1. The number of hydrogen-bond acceptors (Lipinski definition) is 5. The molecule has 2 aromatic rings. The maximum atomic E-state index is 5.85. The van der Waals surface area contributed by atoms with Gasteiger partial charge in [-0.25, -0.2) is 0 Å². The van der Waals surface area contributed by atoms with Gasteiger partial charge in [0.05, 0.1) is 24.4 Å². The first-order valence-corrected chi connectivity index (χ1v) is 7.12. The maximum absolute atomic E-state index is 5.85. The minimum Gasteiger partial charge on any atom is -0.373 e. The molecule has 6 heteroatoms. The van der Waals surface area contributed by atoms with Gasteiger partial charge >= 0.3 is 0 Å². The molecular formula is C14H17N5O. The second kappa shape index (κ2) is 4.96. The van der Waals surface area contributed by atoms with Gasteiger partial charge in [-0.05, 0) is 41.8 Å². The fourth-order valence-corrected chi connectivity index (χ4v) is 3.16.